The molecule has 1 rings (SSSR count). The third-order valence-electron chi connectivity index (χ3n) is 13.4. The number of aliphatic carboxylic acids is 1. The van der Waals surface area contributed by atoms with Crippen LogP contribution in [0.1, 0.15) is 226 Å². The van der Waals surface area contributed by atoms with Crippen molar-refractivity contribution in [1.29, 1.82) is 0 Å². The van der Waals surface area contributed by atoms with Crippen molar-refractivity contribution in [3.8, 4) is 0 Å². The van der Waals surface area contributed by atoms with Crippen molar-refractivity contribution >= 4 is 23.9 Å². The molecule has 1 fully saturated rings. The molecule has 0 aromatic carbocycles. The van der Waals surface area contributed by atoms with Gasteiger partial charge in [-0.1, -0.05) is 218 Å². The molecule has 12 heteroatoms. The van der Waals surface area contributed by atoms with Gasteiger partial charge in [-0.15, -0.1) is 0 Å². The predicted molar refractivity (Wildman–Crippen MR) is 339 cm³/mol. The van der Waals surface area contributed by atoms with Crippen LogP contribution in [0, 0.1) is 0 Å². The molecule has 1 saturated heterocycles. The highest BCUT2D eigenvalue weighted by Crippen LogP contribution is 2.26. The molecule has 1 heterocycles. The van der Waals surface area contributed by atoms with Gasteiger partial charge >= 0.3 is 23.9 Å². The van der Waals surface area contributed by atoms with Crippen molar-refractivity contribution in [2.24, 2.45) is 0 Å². The van der Waals surface area contributed by atoms with Gasteiger partial charge in [0.1, 0.15) is 18.8 Å². The molecule has 0 aromatic heterocycles. The number of allylic oxidation sites excluding steroid dienone is 24. The number of aliphatic hydroxyl groups is 2. The van der Waals surface area contributed by atoms with Crippen LogP contribution in [0.25, 0.3) is 0 Å². The number of carboxylic acids is 1. The van der Waals surface area contributed by atoms with E-state index in [1.807, 2.05) is 0 Å². The maximum absolute atomic E-state index is 13.2. The Morgan fingerprint density at radius 3 is 1.11 bits per heavy atom. The van der Waals surface area contributed by atoms with Gasteiger partial charge in [-0.25, -0.2) is 4.79 Å². The number of ether oxygens (including phenoxy) is 5. The molecule has 0 saturated carbocycles. The zero-order valence-electron chi connectivity index (χ0n) is 51.4. The number of carbonyl (C=O) groups is 4. The van der Waals surface area contributed by atoms with Gasteiger partial charge in [0.15, 0.2) is 24.6 Å². The highest BCUT2D eigenvalue weighted by Gasteiger charge is 2.50. The van der Waals surface area contributed by atoms with E-state index >= 15 is 0 Å². The quantitative estimate of drug-likeness (QED) is 0.0228. The zero-order chi connectivity index (χ0) is 60.3. The molecule has 0 aromatic rings. The average Bonchev–Trinajstić information content (AvgIpc) is 3.58. The number of esters is 3. The van der Waals surface area contributed by atoms with E-state index in [0.717, 1.165) is 167 Å². The Hall–Kier alpha value is -5.40. The Morgan fingerprint density at radius 1 is 0.398 bits per heavy atom. The lowest BCUT2D eigenvalue weighted by molar-refractivity contribution is -0.301. The summed E-state index contributed by atoms with van der Waals surface area (Å²) in [6.07, 6.45) is 69.4. The lowest BCUT2D eigenvalue weighted by atomic mass is 9.98. The summed E-state index contributed by atoms with van der Waals surface area (Å²) in [6, 6.07) is 0. The number of carboxylic acid groups (broad SMARTS) is 1. The van der Waals surface area contributed by atoms with Crippen molar-refractivity contribution in [3.63, 3.8) is 0 Å². The van der Waals surface area contributed by atoms with Crippen molar-refractivity contribution in [3.05, 3.63) is 146 Å². The number of hydrogen-bond acceptors (Lipinski definition) is 11. The first kappa shape index (κ1) is 75.6. The zero-order valence-corrected chi connectivity index (χ0v) is 51.4. The van der Waals surface area contributed by atoms with Crippen LogP contribution in [0.5, 0.6) is 0 Å². The first-order valence-corrected chi connectivity index (χ1v) is 31.8. The van der Waals surface area contributed by atoms with E-state index in [2.05, 4.69) is 167 Å². The van der Waals surface area contributed by atoms with Gasteiger partial charge in [0.2, 0.25) is 0 Å². The molecular weight excluding hydrogens is 1040 g/mol. The maximum atomic E-state index is 13.2. The Labute approximate surface area is 502 Å². The molecule has 0 radical (unpaired) electrons. The summed E-state index contributed by atoms with van der Waals surface area (Å²) >= 11 is 0. The SMILES string of the molecule is CC/C=C\C/C=C\C/C=C\C/C=C\C/C=C\CCCCCC(=O)OCC(COC1OC(C(=O)O)C(O)C(O)C1OC(=O)CCCCCCC/C=C\C/C=C\C/C=C\CC)OC(=O)CCCCCCCC/C=C\C/C=C\C/C=C\C/C=C\CC. The van der Waals surface area contributed by atoms with Crippen LogP contribution in [-0.4, -0.2) is 89.2 Å². The standard InChI is InChI=1S/C71H110O12/c1-4-7-10-13-16-19-22-25-28-30-32-34-37-39-42-45-48-51-54-57-63(72)79-60-62(81-64(73)58-55-52-49-46-43-41-38-35-33-31-29-26-23-20-17-14-11-8-5-2)61-80-71-69(67(76)66(75)68(83-71)70(77)78)82-65(74)59-56-53-50-47-44-40-36-27-24-21-18-15-12-9-6-3/h7-12,16-21,25-29,32-36,39,42,62,66-69,71,75-76H,4-6,13-15,22-24,30-31,37-38,40-41,43-61H2,1-3H3,(H,77,78)/b10-7-,11-8-,12-9-,19-16-,20-17-,21-18-,28-25-,29-26-,34-32-,35-33-,36-27-,42-39-. The fourth-order valence-electron chi connectivity index (χ4n) is 8.63. The molecule has 83 heavy (non-hydrogen) atoms. The molecule has 6 atom stereocenters. The lowest BCUT2D eigenvalue weighted by Gasteiger charge is -2.40. The van der Waals surface area contributed by atoms with Crippen LogP contribution in [-0.2, 0) is 42.9 Å². The van der Waals surface area contributed by atoms with Gasteiger partial charge in [-0.2, -0.15) is 0 Å². The first-order chi connectivity index (χ1) is 40.6. The molecule has 6 unspecified atom stereocenters. The van der Waals surface area contributed by atoms with Crippen molar-refractivity contribution in [1.82, 2.24) is 0 Å². The third kappa shape index (κ3) is 46.6. The predicted octanol–water partition coefficient (Wildman–Crippen LogP) is 17.1. The maximum Gasteiger partial charge on any atom is 0.335 e. The second kappa shape index (κ2) is 57.1. The highest BCUT2D eigenvalue weighted by atomic mass is 16.7. The van der Waals surface area contributed by atoms with Crippen LogP contribution in [0.4, 0.5) is 0 Å². The molecule has 1 aliphatic heterocycles. The summed E-state index contributed by atoms with van der Waals surface area (Å²) < 4.78 is 28.5. The molecule has 1 aliphatic rings. The van der Waals surface area contributed by atoms with Gasteiger partial charge in [-0.05, 0) is 135 Å². The molecule has 12 nitrogen and oxygen atoms in total. The van der Waals surface area contributed by atoms with Gasteiger partial charge in [0.05, 0.1) is 6.61 Å². The molecule has 0 spiro atoms. The molecule has 0 bridgehead atoms. The number of unbranched alkanes of at least 4 members (excludes halogenated alkanes) is 14. The van der Waals surface area contributed by atoms with E-state index in [-0.39, 0.29) is 25.9 Å². The largest absolute Gasteiger partial charge is 0.479 e. The smallest absolute Gasteiger partial charge is 0.335 e. The Morgan fingerprint density at radius 2 is 0.723 bits per heavy atom. The van der Waals surface area contributed by atoms with Crippen LogP contribution in [0.3, 0.4) is 0 Å². The normalized spacial score (nSPS) is 18.6. The van der Waals surface area contributed by atoms with Crippen molar-refractivity contribution in [2.75, 3.05) is 13.2 Å². The first-order valence-electron chi connectivity index (χ1n) is 31.8. The van der Waals surface area contributed by atoms with Crippen molar-refractivity contribution in [2.45, 2.75) is 263 Å². The van der Waals surface area contributed by atoms with E-state index in [1.165, 1.54) is 0 Å². The molecule has 0 aliphatic carbocycles. The second-order valence-electron chi connectivity index (χ2n) is 20.9. The minimum atomic E-state index is -1.93. The summed E-state index contributed by atoms with van der Waals surface area (Å²) in [6.45, 7) is 5.61. The monoisotopic (exact) mass is 1150 g/mol. The van der Waals surface area contributed by atoms with Gasteiger partial charge in [-0.3, -0.25) is 14.4 Å². The van der Waals surface area contributed by atoms with Crippen LogP contribution < -0.4 is 0 Å². The van der Waals surface area contributed by atoms with Crippen LogP contribution in [0.2, 0.25) is 0 Å². The Balaban J connectivity index is 2.73. The lowest BCUT2D eigenvalue weighted by Crippen LogP contribution is -2.61. The molecule has 3 N–H and O–H groups in total. The fraction of sp³-hybridized carbons (Fsp3) is 0.606. The third-order valence-corrected chi connectivity index (χ3v) is 13.4. The number of rotatable bonds is 52. The minimum absolute atomic E-state index is 0.0275. The average molecular weight is 1160 g/mol. The van der Waals surface area contributed by atoms with E-state index in [0.29, 0.717) is 19.3 Å². The van der Waals surface area contributed by atoms with E-state index in [9.17, 15) is 34.5 Å². The van der Waals surface area contributed by atoms with Gasteiger partial charge in [0, 0.05) is 19.3 Å². The number of carbonyl (C=O) groups excluding carboxylic acids is 3. The van der Waals surface area contributed by atoms with E-state index in [4.69, 9.17) is 23.7 Å². The van der Waals surface area contributed by atoms with Crippen LogP contribution >= 0.6 is 0 Å². The summed E-state index contributed by atoms with van der Waals surface area (Å²) in [4.78, 5) is 51.3. The highest BCUT2D eigenvalue weighted by molar-refractivity contribution is 5.74. The van der Waals surface area contributed by atoms with Gasteiger partial charge in [0.25, 0.3) is 0 Å². The van der Waals surface area contributed by atoms with Crippen molar-refractivity contribution < 1.29 is 58.2 Å². The summed E-state index contributed by atoms with van der Waals surface area (Å²) in [5.41, 5.74) is 0. The number of aliphatic hydroxyl groups excluding tert-OH is 2. The Kier molecular flexibility index (Phi) is 52.0. The molecule has 466 valence electrons. The van der Waals surface area contributed by atoms with Crippen LogP contribution in [0.15, 0.2) is 146 Å². The topological polar surface area (TPSA) is 175 Å². The van der Waals surface area contributed by atoms with Gasteiger partial charge < -0.3 is 39.0 Å². The summed E-state index contributed by atoms with van der Waals surface area (Å²) in [5, 5.41) is 31.6. The number of hydrogen-bond donors (Lipinski definition) is 3. The summed E-state index contributed by atoms with van der Waals surface area (Å²) in [7, 11) is 0. The second-order valence-corrected chi connectivity index (χ2v) is 20.9. The molecular formula is C71H110O12. The van der Waals surface area contributed by atoms with E-state index < -0.39 is 67.3 Å². The fourth-order valence-corrected chi connectivity index (χ4v) is 8.63. The van der Waals surface area contributed by atoms with E-state index in [1.54, 1.807) is 0 Å². The molecule has 0 amide bonds. The Bertz CT molecular complexity index is 2000. The summed E-state index contributed by atoms with van der Waals surface area (Å²) in [5.74, 6) is -3.22. The minimum Gasteiger partial charge on any atom is -0.479 e.